The van der Waals surface area contributed by atoms with Crippen LogP contribution in [0, 0.1) is 0 Å². The van der Waals surface area contributed by atoms with Crippen LogP contribution in [-0.4, -0.2) is 47.4 Å². The van der Waals surface area contributed by atoms with Crippen molar-refractivity contribution in [3.8, 4) is 22.5 Å². The summed E-state index contributed by atoms with van der Waals surface area (Å²) < 4.78 is 7.27. The molecular formula is C44H42N6O3. The number of imidazole rings is 1. The maximum absolute atomic E-state index is 13.1. The number of tetrazole rings is 1. The van der Waals surface area contributed by atoms with Gasteiger partial charge in [0.05, 0.1) is 12.7 Å². The standard InChI is InChI=1S/C44H42N6O3/c1-4-17-39-45-40(31(3)51)41(43(52)53-5-2)49(39)30-32-26-28-33(29-27-32)37-24-15-16-25-38(37)42-46-48-50(47-42)44(34-18-9-6-10-19-34,35-20-11-7-12-21-35)36-22-13-8-14-23-36/h6-16,18-29,31,51H,4-5,17,30H2,1-3H3. The minimum absolute atomic E-state index is 0.231. The molecule has 266 valence electrons. The van der Waals surface area contributed by atoms with Crippen molar-refractivity contribution in [1.82, 2.24) is 29.8 Å². The van der Waals surface area contributed by atoms with Crippen molar-refractivity contribution in [2.75, 3.05) is 6.61 Å². The van der Waals surface area contributed by atoms with Gasteiger partial charge < -0.3 is 14.4 Å². The summed E-state index contributed by atoms with van der Waals surface area (Å²) >= 11 is 0. The molecule has 7 aromatic rings. The predicted molar refractivity (Wildman–Crippen MR) is 205 cm³/mol. The molecule has 0 bridgehead atoms. The van der Waals surface area contributed by atoms with E-state index >= 15 is 0 Å². The van der Waals surface area contributed by atoms with Crippen LogP contribution < -0.4 is 0 Å². The smallest absolute Gasteiger partial charge is 0.357 e. The summed E-state index contributed by atoms with van der Waals surface area (Å²) in [7, 11) is 0. The van der Waals surface area contributed by atoms with E-state index in [9.17, 15) is 9.90 Å². The summed E-state index contributed by atoms with van der Waals surface area (Å²) in [6.07, 6.45) is 0.601. The van der Waals surface area contributed by atoms with Crippen molar-refractivity contribution in [2.45, 2.75) is 51.8 Å². The van der Waals surface area contributed by atoms with Crippen molar-refractivity contribution in [1.29, 1.82) is 0 Å². The number of carbonyl (C=O) groups excluding carboxylic acids is 1. The van der Waals surface area contributed by atoms with Gasteiger partial charge in [0.1, 0.15) is 11.5 Å². The molecule has 9 heteroatoms. The van der Waals surface area contributed by atoms with E-state index in [0.29, 0.717) is 30.2 Å². The van der Waals surface area contributed by atoms with E-state index in [1.54, 1.807) is 18.6 Å². The fraction of sp³-hybridized carbons (Fsp3) is 0.205. The third-order valence-corrected chi connectivity index (χ3v) is 9.47. The third-order valence-electron chi connectivity index (χ3n) is 9.47. The maximum Gasteiger partial charge on any atom is 0.357 e. The van der Waals surface area contributed by atoms with E-state index in [1.807, 2.05) is 89.5 Å². The first-order valence-electron chi connectivity index (χ1n) is 18.1. The average molecular weight is 703 g/mol. The van der Waals surface area contributed by atoms with Gasteiger partial charge in [-0.05, 0) is 58.9 Å². The van der Waals surface area contributed by atoms with E-state index in [1.165, 1.54) is 0 Å². The van der Waals surface area contributed by atoms with Crippen LogP contribution in [0.2, 0.25) is 0 Å². The summed E-state index contributed by atoms with van der Waals surface area (Å²) in [4.78, 5) is 19.5. The average Bonchev–Trinajstić information content (AvgIpc) is 3.83. The molecule has 0 aliphatic carbocycles. The highest BCUT2D eigenvalue weighted by Gasteiger charge is 2.41. The molecule has 0 spiro atoms. The Morgan fingerprint density at radius 3 is 1.83 bits per heavy atom. The van der Waals surface area contributed by atoms with Crippen molar-refractivity contribution in [3.63, 3.8) is 0 Å². The molecule has 2 aromatic heterocycles. The molecule has 0 amide bonds. The number of esters is 1. The lowest BCUT2D eigenvalue weighted by atomic mass is 9.77. The molecule has 53 heavy (non-hydrogen) atoms. The van der Waals surface area contributed by atoms with Crippen LogP contribution in [0.15, 0.2) is 140 Å². The number of carbonyl (C=O) groups is 1. The number of hydrogen-bond donors (Lipinski definition) is 1. The minimum Gasteiger partial charge on any atom is -0.461 e. The molecule has 0 fully saturated rings. The van der Waals surface area contributed by atoms with Crippen molar-refractivity contribution in [2.24, 2.45) is 0 Å². The highest BCUT2D eigenvalue weighted by atomic mass is 16.5. The molecule has 1 atom stereocenters. The van der Waals surface area contributed by atoms with Crippen LogP contribution in [0.1, 0.15) is 77.6 Å². The topological polar surface area (TPSA) is 108 Å². The molecule has 1 N–H and O–H groups in total. The summed E-state index contributed by atoms with van der Waals surface area (Å²) in [5.74, 6) is 0.761. The van der Waals surface area contributed by atoms with Crippen molar-refractivity contribution in [3.05, 3.63) is 179 Å². The van der Waals surface area contributed by atoms with Gasteiger partial charge in [-0.25, -0.2) is 9.78 Å². The van der Waals surface area contributed by atoms with Gasteiger partial charge in [0.2, 0.25) is 5.82 Å². The van der Waals surface area contributed by atoms with E-state index in [4.69, 9.17) is 20.1 Å². The van der Waals surface area contributed by atoms with Gasteiger partial charge in [0, 0.05) is 18.5 Å². The lowest BCUT2D eigenvalue weighted by Gasteiger charge is -2.34. The molecule has 0 saturated heterocycles. The number of ether oxygens (including phenoxy) is 1. The number of nitrogens with zero attached hydrogens (tertiary/aromatic N) is 6. The molecule has 2 heterocycles. The van der Waals surface area contributed by atoms with E-state index in [-0.39, 0.29) is 6.61 Å². The molecular weight excluding hydrogens is 661 g/mol. The highest BCUT2D eigenvalue weighted by molar-refractivity contribution is 5.89. The second-order valence-corrected chi connectivity index (χ2v) is 12.9. The van der Waals surface area contributed by atoms with Gasteiger partial charge in [-0.15, -0.1) is 15.0 Å². The van der Waals surface area contributed by atoms with Crippen LogP contribution in [0.5, 0.6) is 0 Å². The van der Waals surface area contributed by atoms with Gasteiger partial charge in [-0.3, -0.25) is 0 Å². The Balaban J connectivity index is 1.28. The fourth-order valence-electron chi connectivity index (χ4n) is 7.06. The Hall–Kier alpha value is -6.19. The first-order valence-corrected chi connectivity index (χ1v) is 18.1. The van der Waals surface area contributed by atoms with Crippen molar-refractivity contribution >= 4 is 5.97 Å². The van der Waals surface area contributed by atoms with Crippen LogP contribution in [0.25, 0.3) is 22.5 Å². The lowest BCUT2D eigenvalue weighted by molar-refractivity contribution is 0.0506. The second kappa shape index (κ2) is 15.6. The summed E-state index contributed by atoms with van der Waals surface area (Å²) in [5, 5.41) is 25.1. The number of benzene rings is 5. The normalized spacial score (nSPS) is 12.1. The SMILES string of the molecule is CCCc1nc(C(C)O)c(C(=O)OCC)n1Cc1ccc(-c2ccccc2-c2nnn(C(c3ccccc3)(c3ccccc3)c3ccccc3)n2)cc1. The number of aliphatic hydroxyl groups is 1. The lowest BCUT2D eigenvalue weighted by Crippen LogP contribution is -2.39. The van der Waals surface area contributed by atoms with Gasteiger partial charge in [-0.1, -0.05) is 146 Å². The quantitative estimate of drug-likeness (QED) is 0.0952. The molecule has 0 aliphatic rings. The largest absolute Gasteiger partial charge is 0.461 e. The Morgan fingerprint density at radius 1 is 0.755 bits per heavy atom. The Morgan fingerprint density at radius 2 is 1.30 bits per heavy atom. The van der Waals surface area contributed by atoms with Crippen LogP contribution in [-0.2, 0) is 23.2 Å². The fourth-order valence-corrected chi connectivity index (χ4v) is 7.06. The first kappa shape index (κ1) is 35.2. The highest BCUT2D eigenvalue weighted by Crippen LogP contribution is 2.40. The molecule has 0 radical (unpaired) electrons. The molecule has 9 nitrogen and oxygen atoms in total. The Bertz CT molecular complexity index is 2180. The number of aryl methyl sites for hydroxylation is 1. The Kier molecular flexibility index (Phi) is 10.4. The summed E-state index contributed by atoms with van der Waals surface area (Å²) in [6.45, 7) is 6.09. The van der Waals surface area contributed by atoms with Gasteiger partial charge in [-0.2, -0.15) is 0 Å². The van der Waals surface area contributed by atoms with E-state index in [0.717, 1.165) is 51.2 Å². The number of rotatable bonds is 13. The maximum atomic E-state index is 13.1. The molecule has 0 aliphatic heterocycles. The molecule has 5 aromatic carbocycles. The van der Waals surface area contributed by atoms with Crippen molar-refractivity contribution < 1.29 is 14.6 Å². The van der Waals surface area contributed by atoms with E-state index < -0.39 is 17.6 Å². The zero-order chi connectivity index (χ0) is 36.8. The van der Waals surface area contributed by atoms with Gasteiger partial charge >= 0.3 is 5.97 Å². The zero-order valence-electron chi connectivity index (χ0n) is 30.1. The summed E-state index contributed by atoms with van der Waals surface area (Å²) in [6, 6.07) is 47.2. The third kappa shape index (κ3) is 6.79. The van der Waals surface area contributed by atoms with Gasteiger partial charge in [0.15, 0.2) is 11.2 Å². The minimum atomic E-state index is -0.907. The first-order chi connectivity index (χ1) is 25.9. The number of aliphatic hydroxyl groups excluding tert-OH is 1. The van der Waals surface area contributed by atoms with E-state index in [2.05, 4.69) is 66.5 Å². The van der Waals surface area contributed by atoms with Crippen LogP contribution in [0.4, 0.5) is 0 Å². The summed E-state index contributed by atoms with van der Waals surface area (Å²) in [5.41, 5.74) is 6.56. The number of hydrogen-bond acceptors (Lipinski definition) is 7. The number of aromatic nitrogens is 6. The van der Waals surface area contributed by atoms with Gasteiger partial charge in [0.25, 0.3) is 0 Å². The Labute approximate surface area is 309 Å². The molecule has 0 saturated carbocycles. The van der Waals surface area contributed by atoms with Crippen LogP contribution in [0.3, 0.4) is 0 Å². The predicted octanol–water partition coefficient (Wildman–Crippen LogP) is 8.27. The molecule has 1 unspecified atom stereocenters. The monoisotopic (exact) mass is 702 g/mol. The van der Waals surface area contributed by atoms with Crippen LogP contribution >= 0.6 is 0 Å². The molecule has 7 rings (SSSR count). The second-order valence-electron chi connectivity index (χ2n) is 12.9. The zero-order valence-corrected chi connectivity index (χ0v) is 30.1.